The third-order valence-corrected chi connectivity index (χ3v) is 2.84. The Balaban J connectivity index is 2.30. The lowest BCUT2D eigenvalue weighted by Crippen LogP contribution is -2.41. The van der Waals surface area contributed by atoms with Crippen LogP contribution in [0.4, 0.5) is 4.79 Å². The number of rotatable bonds is 6. The van der Waals surface area contributed by atoms with E-state index in [4.69, 9.17) is 4.42 Å². The number of carbonyl (C=O) groups is 1. The first-order chi connectivity index (χ1) is 8.80. The summed E-state index contributed by atoms with van der Waals surface area (Å²) in [6.45, 7) is 8.39. The van der Waals surface area contributed by atoms with E-state index in [-0.39, 0.29) is 17.6 Å². The Morgan fingerprint density at radius 1 is 1.53 bits per heavy atom. The maximum atomic E-state index is 11.6. The number of aliphatic hydroxyl groups is 1. The van der Waals surface area contributed by atoms with E-state index in [1.54, 1.807) is 13.8 Å². The molecule has 0 bridgehead atoms. The van der Waals surface area contributed by atoms with Crippen molar-refractivity contribution in [3.05, 3.63) is 17.8 Å². The Morgan fingerprint density at radius 3 is 2.74 bits per heavy atom. The average Bonchev–Trinajstić information content (AvgIpc) is 2.68. The Kier molecular flexibility index (Phi) is 5.35. The summed E-state index contributed by atoms with van der Waals surface area (Å²) in [5.74, 6) is 0.703. The van der Waals surface area contributed by atoms with Crippen LogP contribution in [0.25, 0.3) is 0 Å². The van der Waals surface area contributed by atoms with Gasteiger partial charge in [0, 0.05) is 6.54 Å². The molecule has 3 N–H and O–H groups in total. The van der Waals surface area contributed by atoms with Gasteiger partial charge in [-0.25, -0.2) is 9.78 Å². The van der Waals surface area contributed by atoms with Gasteiger partial charge in [0.15, 0.2) is 6.39 Å². The number of aromatic nitrogens is 1. The molecule has 0 saturated heterocycles. The van der Waals surface area contributed by atoms with Crippen LogP contribution >= 0.6 is 0 Å². The van der Waals surface area contributed by atoms with Crippen molar-refractivity contribution in [2.24, 2.45) is 5.41 Å². The smallest absolute Gasteiger partial charge is 0.315 e. The predicted octanol–water partition coefficient (Wildman–Crippen LogP) is 1.58. The molecule has 0 saturated carbocycles. The number of oxazole rings is 1. The van der Waals surface area contributed by atoms with Gasteiger partial charge in [0.05, 0.1) is 12.6 Å². The van der Waals surface area contributed by atoms with E-state index in [1.807, 2.05) is 13.8 Å². The summed E-state index contributed by atoms with van der Waals surface area (Å²) in [6.07, 6.45) is 1.61. The Hall–Kier alpha value is -1.56. The molecule has 6 heteroatoms. The van der Waals surface area contributed by atoms with Crippen molar-refractivity contribution in [1.29, 1.82) is 0 Å². The van der Waals surface area contributed by atoms with E-state index in [0.29, 0.717) is 25.3 Å². The molecule has 19 heavy (non-hydrogen) atoms. The highest BCUT2D eigenvalue weighted by Crippen LogP contribution is 2.20. The molecule has 0 aliphatic rings. The van der Waals surface area contributed by atoms with Crippen molar-refractivity contribution >= 4 is 6.03 Å². The molecule has 0 aromatic carbocycles. The number of aryl methyl sites for hydroxylation is 1. The molecule has 6 nitrogen and oxygen atoms in total. The molecular formula is C13H23N3O3. The maximum Gasteiger partial charge on any atom is 0.315 e. The summed E-state index contributed by atoms with van der Waals surface area (Å²) in [5.41, 5.74) is 0.577. The van der Waals surface area contributed by atoms with Crippen LogP contribution in [0.15, 0.2) is 10.8 Å². The lowest BCUT2D eigenvalue weighted by molar-refractivity contribution is 0.129. The molecule has 1 heterocycles. The fourth-order valence-electron chi connectivity index (χ4n) is 1.92. The second-order valence-corrected chi connectivity index (χ2v) is 5.61. The highest BCUT2D eigenvalue weighted by molar-refractivity contribution is 5.73. The van der Waals surface area contributed by atoms with Crippen LogP contribution in [0.5, 0.6) is 0 Å². The van der Waals surface area contributed by atoms with Gasteiger partial charge in [-0.3, -0.25) is 0 Å². The van der Waals surface area contributed by atoms with E-state index < -0.39 is 0 Å². The van der Waals surface area contributed by atoms with Crippen molar-refractivity contribution in [1.82, 2.24) is 15.6 Å². The molecule has 1 atom stereocenters. The Labute approximate surface area is 113 Å². The number of hydrogen-bond donors (Lipinski definition) is 3. The van der Waals surface area contributed by atoms with Crippen LogP contribution in [-0.4, -0.2) is 28.8 Å². The van der Waals surface area contributed by atoms with Gasteiger partial charge in [-0.05, 0) is 25.7 Å². The van der Waals surface area contributed by atoms with Crippen LogP contribution in [0.3, 0.4) is 0 Å². The van der Waals surface area contributed by atoms with Gasteiger partial charge in [-0.2, -0.15) is 0 Å². The third kappa shape index (κ3) is 5.74. The van der Waals surface area contributed by atoms with E-state index >= 15 is 0 Å². The molecular weight excluding hydrogens is 246 g/mol. The van der Waals surface area contributed by atoms with Gasteiger partial charge in [0.1, 0.15) is 11.5 Å². The van der Waals surface area contributed by atoms with Crippen molar-refractivity contribution in [2.75, 3.05) is 6.54 Å². The molecule has 108 valence electrons. The maximum absolute atomic E-state index is 11.6. The predicted molar refractivity (Wildman–Crippen MR) is 71.6 cm³/mol. The number of amides is 2. The lowest BCUT2D eigenvalue weighted by Gasteiger charge is -2.26. The van der Waals surface area contributed by atoms with Gasteiger partial charge < -0.3 is 20.2 Å². The highest BCUT2D eigenvalue weighted by atomic mass is 16.3. The molecule has 1 aromatic rings. The molecule has 0 aliphatic heterocycles. The molecule has 1 aromatic heterocycles. The molecule has 1 rings (SSSR count). The zero-order valence-electron chi connectivity index (χ0n) is 12.0. The second-order valence-electron chi connectivity index (χ2n) is 5.61. The van der Waals surface area contributed by atoms with Gasteiger partial charge in [-0.1, -0.05) is 13.8 Å². The minimum Gasteiger partial charge on any atom is -0.448 e. The zero-order valence-corrected chi connectivity index (χ0v) is 12.0. The van der Waals surface area contributed by atoms with Gasteiger partial charge in [0.25, 0.3) is 0 Å². The van der Waals surface area contributed by atoms with Crippen LogP contribution in [-0.2, 0) is 6.54 Å². The van der Waals surface area contributed by atoms with Crippen molar-refractivity contribution in [3.8, 4) is 0 Å². The number of aliphatic hydroxyl groups excluding tert-OH is 1. The Bertz CT molecular complexity index is 413. The van der Waals surface area contributed by atoms with Crippen molar-refractivity contribution < 1.29 is 14.3 Å². The second kappa shape index (κ2) is 6.56. The van der Waals surface area contributed by atoms with Crippen LogP contribution < -0.4 is 10.6 Å². The summed E-state index contributed by atoms with van der Waals surface area (Å²) < 4.78 is 5.04. The first kappa shape index (κ1) is 15.5. The minimum absolute atomic E-state index is 0.144. The van der Waals surface area contributed by atoms with Gasteiger partial charge in [0.2, 0.25) is 0 Å². The molecule has 2 amide bonds. The summed E-state index contributed by atoms with van der Waals surface area (Å²) in [5, 5.41) is 14.9. The monoisotopic (exact) mass is 269 g/mol. The molecule has 0 spiro atoms. The number of urea groups is 1. The van der Waals surface area contributed by atoms with Crippen LogP contribution in [0.1, 0.15) is 38.6 Å². The van der Waals surface area contributed by atoms with Gasteiger partial charge >= 0.3 is 6.03 Å². The average molecular weight is 269 g/mol. The lowest BCUT2D eigenvalue weighted by atomic mass is 9.87. The SMILES string of the molecule is Cc1ocnc1CNC(=O)NCC(C)(C)CC(C)O. The summed E-state index contributed by atoms with van der Waals surface area (Å²) in [6, 6.07) is -0.249. The van der Waals surface area contributed by atoms with Gasteiger partial charge in [-0.15, -0.1) is 0 Å². The van der Waals surface area contributed by atoms with E-state index in [2.05, 4.69) is 15.6 Å². The first-order valence-corrected chi connectivity index (χ1v) is 6.39. The molecule has 0 radical (unpaired) electrons. The van der Waals surface area contributed by atoms with E-state index in [1.165, 1.54) is 6.39 Å². The normalized spacial score (nSPS) is 13.1. The number of hydrogen-bond acceptors (Lipinski definition) is 4. The number of carbonyl (C=O) groups excluding carboxylic acids is 1. The topological polar surface area (TPSA) is 87.4 Å². The highest BCUT2D eigenvalue weighted by Gasteiger charge is 2.21. The quantitative estimate of drug-likeness (QED) is 0.731. The van der Waals surface area contributed by atoms with E-state index in [0.717, 1.165) is 5.69 Å². The molecule has 0 fully saturated rings. The summed E-state index contributed by atoms with van der Waals surface area (Å²) in [7, 11) is 0. The fourth-order valence-corrected chi connectivity index (χ4v) is 1.92. The number of nitrogens with zero attached hydrogens (tertiary/aromatic N) is 1. The fraction of sp³-hybridized carbons (Fsp3) is 0.692. The Morgan fingerprint density at radius 2 is 2.21 bits per heavy atom. The van der Waals surface area contributed by atoms with Crippen molar-refractivity contribution in [2.45, 2.75) is 46.8 Å². The van der Waals surface area contributed by atoms with Crippen LogP contribution in [0.2, 0.25) is 0 Å². The summed E-state index contributed by atoms with van der Waals surface area (Å²) in [4.78, 5) is 15.6. The largest absolute Gasteiger partial charge is 0.448 e. The number of nitrogens with one attached hydrogen (secondary N) is 2. The minimum atomic E-state index is -0.377. The molecule has 1 unspecified atom stereocenters. The van der Waals surface area contributed by atoms with Crippen molar-refractivity contribution in [3.63, 3.8) is 0 Å². The summed E-state index contributed by atoms with van der Waals surface area (Å²) >= 11 is 0. The zero-order chi connectivity index (χ0) is 14.5. The van der Waals surface area contributed by atoms with Crippen LogP contribution in [0, 0.1) is 12.3 Å². The third-order valence-electron chi connectivity index (χ3n) is 2.84. The first-order valence-electron chi connectivity index (χ1n) is 6.39. The standard InChI is InChI=1S/C13H23N3O3/c1-9(17)5-13(3,4)7-15-12(18)14-6-11-10(2)19-8-16-11/h8-9,17H,5-7H2,1-4H3,(H2,14,15,18). The van der Waals surface area contributed by atoms with E-state index in [9.17, 15) is 9.90 Å². The molecule has 0 aliphatic carbocycles.